The number of carbonyl (C=O) groups excluding carboxylic acids is 1. The molecule has 1 amide bonds. The number of rotatable bonds is 7. The number of para-hydroxylation sites is 2. The van der Waals surface area contributed by atoms with Crippen molar-refractivity contribution in [1.82, 2.24) is 5.32 Å². The number of benzene rings is 1. The Hall–Kier alpha value is -1.17. The Kier molecular flexibility index (Phi) is 10.2. The number of hydrogen-bond acceptors (Lipinski definition) is 4. The number of ether oxygens (including phenoxy) is 1. The van der Waals surface area contributed by atoms with E-state index in [9.17, 15) is 4.79 Å². The zero-order valence-corrected chi connectivity index (χ0v) is 16.9. The van der Waals surface area contributed by atoms with Crippen LogP contribution in [0.5, 0.6) is 5.75 Å². The zero-order chi connectivity index (χ0) is 16.9. The Labute approximate surface area is 163 Å². The van der Waals surface area contributed by atoms with E-state index in [0.717, 1.165) is 43.8 Å². The van der Waals surface area contributed by atoms with Gasteiger partial charge in [-0.3, -0.25) is 4.79 Å². The quantitative estimate of drug-likeness (QED) is 0.749. The number of carbonyl (C=O) groups is 1. The Balaban J connectivity index is 0.00000288. The van der Waals surface area contributed by atoms with Crippen LogP contribution < -0.4 is 20.7 Å². The molecule has 1 aliphatic rings. The molecule has 0 aromatic heterocycles. The highest BCUT2D eigenvalue weighted by atomic mass is 35.5. The van der Waals surface area contributed by atoms with Crippen LogP contribution in [0.15, 0.2) is 24.3 Å². The first kappa shape index (κ1) is 23.8. The normalized spacial score (nSPS) is 16.6. The van der Waals surface area contributed by atoms with E-state index >= 15 is 0 Å². The minimum atomic E-state index is -0.433. The van der Waals surface area contributed by atoms with Gasteiger partial charge in [0.05, 0.1) is 18.2 Å². The minimum Gasteiger partial charge on any atom is -0.495 e. The summed E-state index contributed by atoms with van der Waals surface area (Å²) in [6.45, 7) is 6.19. The Bertz CT molecular complexity index is 531. The molecule has 1 aromatic rings. The van der Waals surface area contributed by atoms with Gasteiger partial charge in [-0.15, -0.1) is 24.8 Å². The van der Waals surface area contributed by atoms with Gasteiger partial charge in [-0.05, 0) is 31.4 Å². The van der Waals surface area contributed by atoms with E-state index in [-0.39, 0.29) is 36.8 Å². The third-order valence-corrected chi connectivity index (χ3v) is 5.18. The molecule has 2 rings (SSSR count). The number of halogens is 2. The van der Waals surface area contributed by atoms with Crippen LogP contribution in [0.4, 0.5) is 5.69 Å². The molecule has 0 spiro atoms. The topological polar surface area (TPSA) is 67.6 Å². The van der Waals surface area contributed by atoms with Crippen molar-refractivity contribution in [2.75, 3.05) is 31.6 Å². The number of hydrogen-bond donors (Lipinski definition) is 2. The smallest absolute Gasteiger partial charge is 0.227 e. The Morgan fingerprint density at radius 3 is 2.52 bits per heavy atom. The van der Waals surface area contributed by atoms with Gasteiger partial charge in [0.15, 0.2) is 0 Å². The van der Waals surface area contributed by atoms with Gasteiger partial charge < -0.3 is 20.7 Å². The first-order chi connectivity index (χ1) is 11.1. The molecule has 1 unspecified atom stereocenters. The fraction of sp³-hybridized carbons (Fsp3) is 0.611. The fourth-order valence-electron chi connectivity index (χ4n) is 3.28. The van der Waals surface area contributed by atoms with Crippen molar-refractivity contribution >= 4 is 36.4 Å². The van der Waals surface area contributed by atoms with Gasteiger partial charge in [-0.25, -0.2) is 0 Å². The van der Waals surface area contributed by atoms with E-state index in [1.165, 1.54) is 0 Å². The average molecular weight is 392 g/mol. The number of anilines is 1. The maximum absolute atomic E-state index is 12.6. The van der Waals surface area contributed by atoms with Gasteiger partial charge in [0, 0.05) is 25.7 Å². The molecule has 7 heteroatoms. The number of methoxy groups -OCH3 is 1. The monoisotopic (exact) mass is 391 g/mol. The molecule has 1 atom stereocenters. The van der Waals surface area contributed by atoms with E-state index in [1.807, 2.05) is 32.0 Å². The van der Waals surface area contributed by atoms with Crippen LogP contribution in [0, 0.1) is 5.41 Å². The summed E-state index contributed by atoms with van der Waals surface area (Å²) >= 11 is 0. The number of nitrogens with two attached hydrogens (primary N) is 1. The number of nitrogens with zero attached hydrogens (tertiary/aromatic N) is 1. The molecule has 1 heterocycles. The number of nitrogens with one attached hydrogen (secondary N) is 1. The van der Waals surface area contributed by atoms with Gasteiger partial charge in [0.25, 0.3) is 0 Å². The largest absolute Gasteiger partial charge is 0.495 e. The molecular weight excluding hydrogens is 361 g/mol. The molecule has 25 heavy (non-hydrogen) atoms. The van der Waals surface area contributed by atoms with Crippen LogP contribution >= 0.6 is 24.8 Å². The standard InChI is InChI=1S/C18H29N3O2.2ClH/c1-4-18(5-2,13-19)17(22)20-14-10-11-21(12-14)15-8-6-7-9-16(15)23-3;;/h6-9,14H,4-5,10-13,19H2,1-3H3,(H,20,22);2*1H. The Morgan fingerprint density at radius 2 is 1.96 bits per heavy atom. The lowest BCUT2D eigenvalue weighted by atomic mass is 9.81. The molecule has 0 saturated carbocycles. The summed E-state index contributed by atoms with van der Waals surface area (Å²) in [7, 11) is 1.69. The lowest BCUT2D eigenvalue weighted by molar-refractivity contribution is -0.131. The van der Waals surface area contributed by atoms with Crippen molar-refractivity contribution in [2.45, 2.75) is 39.2 Å². The first-order valence-corrected chi connectivity index (χ1v) is 8.49. The maximum atomic E-state index is 12.6. The molecule has 1 saturated heterocycles. The van der Waals surface area contributed by atoms with E-state index in [2.05, 4.69) is 16.3 Å². The van der Waals surface area contributed by atoms with Crippen LogP contribution in [-0.4, -0.2) is 38.7 Å². The highest BCUT2D eigenvalue weighted by Crippen LogP contribution is 2.31. The maximum Gasteiger partial charge on any atom is 0.227 e. The van der Waals surface area contributed by atoms with Crippen LogP contribution in [0.2, 0.25) is 0 Å². The molecule has 0 bridgehead atoms. The van der Waals surface area contributed by atoms with E-state index in [1.54, 1.807) is 7.11 Å². The second-order valence-corrected chi connectivity index (χ2v) is 6.27. The molecule has 1 aliphatic heterocycles. The van der Waals surface area contributed by atoms with Gasteiger partial charge in [0.2, 0.25) is 5.91 Å². The summed E-state index contributed by atoms with van der Waals surface area (Å²) < 4.78 is 5.43. The summed E-state index contributed by atoms with van der Waals surface area (Å²) in [5.74, 6) is 0.967. The molecule has 0 aliphatic carbocycles. The third-order valence-electron chi connectivity index (χ3n) is 5.18. The lowest BCUT2D eigenvalue weighted by Gasteiger charge is -2.30. The van der Waals surface area contributed by atoms with Gasteiger partial charge in [-0.2, -0.15) is 0 Å². The van der Waals surface area contributed by atoms with Crippen molar-refractivity contribution in [2.24, 2.45) is 11.1 Å². The number of amides is 1. The van der Waals surface area contributed by atoms with Gasteiger partial charge in [0.1, 0.15) is 5.75 Å². The van der Waals surface area contributed by atoms with Crippen molar-refractivity contribution < 1.29 is 9.53 Å². The van der Waals surface area contributed by atoms with Crippen molar-refractivity contribution in [1.29, 1.82) is 0 Å². The summed E-state index contributed by atoms with van der Waals surface area (Å²) in [6.07, 6.45) is 2.49. The predicted octanol–water partition coefficient (Wildman–Crippen LogP) is 3.00. The van der Waals surface area contributed by atoms with Gasteiger partial charge in [-0.1, -0.05) is 26.0 Å². The second-order valence-electron chi connectivity index (χ2n) is 6.27. The fourth-order valence-corrected chi connectivity index (χ4v) is 3.28. The summed E-state index contributed by atoms with van der Waals surface area (Å²) in [6, 6.07) is 8.17. The van der Waals surface area contributed by atoms with E-state index in [0.29, 0.717) is 6.54 Å². The summed E-state index contributed by atoms with van der Waals surface area (Å²) in [4.78, 5) is 14.9. The molecule has 0 radical (unpaired) electrons. The SMILES string of the molecule is CCC(CC)(CN)C(=O)NC1CCN(c2ccccc2OC)C1.Cl.Cl. The molecule has 1 aromatic carbocycles. The molecule has 144 valence electrons. The lowest BCUT2D eigenvalue weighted by Crippen LogP contribution is -2.49. The highest BCUT2D eigenvalue weighted by Gasteiger charge is 2.36. The van der Waals surface area contributed by atoms with Crippen molar-refractivity contribution in [3.63, 3.8) is 0 Å². The van der Waals surface area contributed by atoms with Crippen LogP contribution in [0.1, 0.15) is 33.1 Å². The average Bonchev–Trinajstić information content (AvgIpc) is 3.05. The van der Waals surface area contributed by atoms with Crippen LogP contribution in [-0.2, 0) is 4.79 Å². The highest BCUT2D eigenvalue weighted by molar-refractivity contribution is 5.85. The molecule has 3 N–H and O–H groups in total. The third kappa shape index (κ3) is 5.16. The second kappa shape index (κ2) is 10.7. The van der Waals surface area contributed by atoms with Crippen molar-refractivity contribution in [3.05, 3.63) is 24.3 Å². The van der Waals surface area contributed by atoms with Gasteiger partial charge >= 0.3 is 0 Å². The van der Waals surface area contributed by atoms with Crippen LogP contribution in [0.3, 0.4) is 0 Å². The minimum absolute atomic E-state index is 0. The summed E-state index contributed by atoms with van der Waals surface area (Å²) in [5.41, 5.74) is 6.53. The summed E-state index contributed by atoms with van der Waals surface area (Å²) in [5, 5.41) is 3.21. The first-order valence-electron chi connectivity index (χ1n) is 8.49. The zero-order valence-electron chi connectivity index (χ0n) is 15.3. The van der Waals surface area contributed by atoms with E-state index in [4.69, 9.17) is 10.5 Å². The van der Waals surface area contributed by atoms with Crippen molar-refractivity contribution in [3.8, 4) is 5.75 Å². The predicted molar refractivity (Wildman–Crippen MR) is 108 cm³/mol. The molecular formula is C18H31Cl2N3O2. The Morgan fingerprint density at radius 1 is 1.32 bits per heavy atom. The van der Waals surface area contributed by atoms with E-state index < -0.39 is 5.41 Å². The van der Waals surface area contributed by atoms with Crippen LogP contribution in [0.25, 0.3) is 0 Å². The molecule has 1 fully saturated rings. The molecule has 5 nitrogen and oxygen atoms in total.